The van der Waals surface area contributed by atoms with Crippen molar-refractivity contribution in [2.75, 3.05) is 12.4 Å². The van der Waals surface area contributed by atoms with Crippen molar-refractivity contribution in [2.45, 2.75) is 17.8 Å². The van der Waals surface area contributed by atoms with Crippen molar-refractivity contribution in [2.24, 2.45) is 0 Å². The van der Waals surface area contributed by atoms with Gasteiger partial charge in [0.2, 0.25) is 5.91 Å². The number of thioether (sulfide) groups is 1. The van der Waals surface area contributed by atoms with Gasteiger partial charge in [0, 0.05) is 16.2 Å². The van der Waals surface area contributed by atoms with Crippen molar-refractivity contribution in [1.82, 2.24) is 20.2 Å². The number of carbonyl (C=O) groups is 3. The second-order valence-corrected chi connectivity index (χ2v) is 11.2. The molecule has 2 aliphatic heterocycles. The molecular weight excluding hydrogens is 536 g/mol. The Balaban J connectivity index is 1.18. The van der Waals surface area contributed by atoms with Gasteiger partial charge in [-0.05, 0) is 35.7 Å². The SMILES string of the molecule is O=CC1=C(COc2ccccc2-c2nc3ccccc3c(=O)[nH]2)CSC2C(NC(=O)Cc3cccs3)C(=O)N12. The fraction of sp³-hybridized carbons (Fsp3) is 0.179. The van der Waals surface area contributed by atoms with Gasteiger partial charge in [-0.1, -0.05) is 30.3 Å². The zero-order valence-corrected chi connectivity index (χ0v) is 22.1. The first-order valence-corrected chi connectivity index (χ1v) is 14.1. The van der Waals surface area contributed by atoms with Gasteiger partial charge in [0.1, 0.15) is 29.6 Å². The lowest BCUT2D eigenvalue weighted by atomic mass is 10.0. The molecule has 4 aromatic rings. The Kier molecular flexibility index (Phi) is 6.76. The average Bonchev–Trinajstić information content (AvgIpc) is 3.47. The van der Waals surface area contributed by atoms with Gasteiger partial charge in [-0.3, -0.25) is 24.1 Å². The number of aromatic nitrogens is 2. The van der Waals surface area contributed by atoms with E-state index in [1.165, 1.54) is 28.0 Å². The molecule has 2 atom stereocenters. The molecule has 0 spiro atoms. The van der Waals surface area contributed by atoms with Crippen molar-refractivity contribution in [3.05, 3.63) is 92.5 Å². The number of rotatable bonds is 8. The number of carbonyl (C=O) groups excluding carboxylic acids is 3. The Morgan fingerprint density at radius 2 is 1.95 bits per heavy atom. The van der Waals surface area contributed by atoms with Crippen molar-refractivity contribution in [3.8, 4) is 17.1 Å². The Morgan fingerprint density at radius 1 is 1.13 bits per heavy atom. The third-order valence-electron chi connectivity index (χ3n) is 6.59. The molecule has 0 aliphatic carbocycles. The minimum Gasteiger partial charge on any atom is -0.488 e. The lowest BCUT2D eigenvalue weighted by Crippen LogP contribution is -2.70. The molecule has 0 radical (unpaired) electrons. The van der Waals surface area contributed by atoms with Crippen LogP contribution in [0.2, 0.25) is 0 Å². The number of hydrogen-bond acceptors (Lipinski definition) is 8. The smallest absolute Gasteiger partial charge is 0.259 e. The quantitative estimate of drug-likeness (QED) is 0.252. The van der Waals surface area contributed by atoms with E-state index in [0.29, 0.717) is 45.7 Å². The molecule has 2 aliphatic rings. The van der Waals surface area contributed by atoms with Gasteiger partial charge >= 0.3 is 0 Å². The maximum Gasteiger partial charge on any atom is 0.259 e. The molecule has 2 aromatic heterocycles. The molecule has 6 rings (SSSR count). The van der Waals surface area contributed by atoms with Crippen LogP contribution in [0, 0.1) is 0 Å². The number of thiophene rings is 1. The highest BCUT2D eigenvalue weighted by Gasteiger charge is 2.52. The van der Waals surface area contributed by atoms with E-state index in [1.807, 2.05) is 29.6 Å². The number of amides is 2. The summed E-state index contributed by atoms with van der Waals surface area (Å²) in [6, 6.07) is 17.4. The van der Waals surface area contributed by atoms with Crippen molar-refractivity contribution in [3.63, 3.8) is 0 Å². The molecule has 2 amide bonds. The van der Waals surface area contributed by atoms with Gasteiger partial charge in [0.15, 0.2) is 6.29 Å². The molecule has 0 bridgehead atoms. The molecule has 9 nitrogen and oxygen atoms in total. The number of ether oxygens (including phenoxy) is 1. The van der Waals surface area contributed by atoms with Crippen LogP contribution >= 0.6 is 23.1 Å². The molecule has 1 saturated heterocycles. The highest BCUT2D eigenvalue weighted by Crippen LogP contribution is 2.40. The van der Waals surface area contributed by atoms with Crippen molar-refractivity contribution in [1.29, 1.82) is 0 Å². The Bertz CT molecular complexity index is 1680. The van der Waals surface area contributed by atoms with Gasteiger partial charge < -0.3 is 15.0 Å². The molecule has 4 heterocycles. The van der Waals surface area contributed by atoms with Crippen LogP contribution in [0.4, 0.5) is 0 Å². The van der Waals surface area contributed by atoms with E-state index in [0.717, 1.165) is 4.88 Å². The number of aromatic amines is 1. The summed E-state index contributed by atoms with van der Waals surface area (Å²) in [6.45, 7) is 0.0712. The number of benzene rings is 2. The van der Waals surface area contributed by atoms with Crippen molar-refractivity contribution >= 4 is 52.1 Å². The standard InChI is InChI=1S/C28H22N4O5S2/c33-13-21-16(15-39-28-24(27(36)32(21)28)30-23(34)12-17-6-5-11-38-17)14-37-22-10-4-2-8-19(22)25-29-20-9-3-1-7-18(20)26(35)31-25/h1-11,13,24,28H,12,14-15H2,(H,30,34)(H,29,31,35). The van der Waals surface area contributed by atoms with E-state index in [4.69, 9.17) is 4.74 Å². The number of allylic oxidation sites excluding steroid dienone is 1. The lowest BCUT2D eigenvalue weighted by Gasteiger charge is -2.49. The maximum atomic E-state index is 12.9. The number of nitrogens with one attached hydrogen (secondary N) is 2. The summed E-state index contributed by atoms with van der Waals surface area (Å²) in [7, 11) is 0. The average molecular weight is 559 g/mol. The Hall–Kier alpha value is -4.22. The fourth-order valence-corrected chi connectivity index (χ4v) is 6.72. The maximum absolute atomic E-state index is 12.9. The Morgan fingerprint density at radius 3 is 2.77 bits per heavy atom. The predicted molar refractivity (Wildman–Crippen MR) is 149 cm³/mol. The van der Waals surface area contributed by atoms with E-state index >= 15 is 0 Å². The number of nitrogens with zero attached hydrogens (tertiary/aromatic N) is 2. The van der Waals surface area contributed by atoms with E-state index in [9.17, 15) is 19.2 Å². The zero-order chi connectivity index (χ0) is 26.9. The molecule has 196 valence electrons. The fourth-order valence-electron chi connectivity index (χ4n) is 4.67. The van der Waals surface area contributed by atoms with Crippen LogP contribution in [0.3, 0.4) is 0 Å². The summed E-state index contributed by atoms with van der Waals surface area (Å²) in [5.41, 5.74) is 1.85. The second kappa shape index (κ2) is 10.5. The first-order valence-electron chi connectivity index (χ1n) is 12.2. The van der Waals surface area contributed by atoms with E-state index in [2.05, 4.69) is 15.3 Å². The number of β-lactam (4-membered cyclic amide) rings is 1. The van der Waals surface area contributed by atoms with Gasteiger partial charge in [-0.15, -0.1) is 23.1 Å². The molecule has 0 saturated carbocycles. The summed E-state index contributed by atoms with van der Waals surface area (Å²) in [4.78, 5) is 59.8. The molecule has 11 heteroatoms. The van der Waals surface area contributed by atoms with Crippen LogP contribution in [-0.2, 0) is 20.8 Å². The number of fused-ring (bicyclic) bond motifs is 2. The van der Waals surface area contributed by atoms with Gasteiger partial charge in [-0.25, -0.2) is 4.98 Å². The van der Waals surface area contributed by atoms with Crippen LogP contribution in [-0.4, -0.2) is 56.7 Å². The number of hydrogen-bond donors (Lipinski definition) is 2. The van der Waals surface area contributed by atoms with Crippen LogP contribution in [0.5, 0.6) is 5.75 Å². The lowest BCUT2D eigenvalue weighted by molar-refractivity contribution is -0.146. The zero-order valence-electron chi connectivity index (χ0n) is 20.5. The summed E-state index contributed by atoms with van der Waals surface area (Å²) in [5, 5.41) is 4.87. The van der Waals surface area contributed by atoms with Crippen LogP contribution < -0.4 is 15.6 Å². The first-order chi connectivity index (χ1) is 19.0. The number of para-hydroxylation sites is 2. The molecule has 2 N–H and O–H groups in total. The van der Waals surface area contributed by atoms with Crippen LogP contribution in [0.25, 0.3) is 22.3 Å². The monoisotopic (exact) mass is 558 g/mol. The Labute approximate surface area is 230 Å². The third-order valence-corrected chi connectivity index (χ3v) is 8.81. The highest BCUT2D eigenvalue weighted by atomic mass is 32.2. The van der Waals surface area contributed by atoms with E-state index in [1.54, 1.807) is 36.4 Å². The minimum absolute atomic E-state index is 0.0712. The van der Waals surface area contributed by atoms with E-state index < -0.39 is 6.04 Å². The van der Waals surface area contributed by atoms with E-state index in [-0.39, 0.29) is 41.5 Å². The predicted octanol–water partition coefficient (Wildman–Crippen LogP) is 3.13. The third kappa shape index (κ3) is 4.75. The number of aldehydes is 1. The molecule has 2 aromatic carbocycles. The van der Waals surface area contributed by atoms with Crippen LogP contribution in [0.15, 0.2) is 82.1 Å². The molecular formula is C28H22N4O5S2. The molecule has 39 heavy (non-hydrogen) atoms. The summed E-state index contributed by atoms with van der Waals surface area (Å²) in [5.74, 6) is 0.779. The summed E-state index contributed by atoms with van der Waals surface area (Å²) in [6.07, 6.45) is 0.881. The highest BCUT2D eigenvalue weighted by molar-refractivity contribution is 8.00. The van der Waals surface area contributed by atoms with Gasteiger partial charge in [0.05, 0.1) is 28.6 Å². The van der Waals surface area contributed by atoms with Crippen LogP contribution in [0.1, 0.15) is 4.88 Å². The normalized spacial score (nSPS) is 18.5. The molecule has 1 fully saturated rings. The number of H-pyrrole nitrogens is 1. The summed E-state index contributed by atoms with van der Waals surface area (Å²) >= 11 is 2.96. The minimum atomic E-state index is -0.670. The van der Waals surface area contributed by atoms with Gasteiger partial charge in [0.25, 0.3) is 11.5 Å². The largest absolute Gasteiger partial charge is 0.488 e. The van der Waals surface area contributed by atoms with Crippen molar-refractivity contribution < 1.29 is 19.1 Å². The topological polar surface area (TPSA) is 121 Å². The molecule has 2 unspecified atom stereocenters. The second-order valence-electron chi connectivity index (χ2n) is 9.03. The summed E-state index contributed by atoms with van der Waals surface area (Å²) < 4.78 is 6.11. The van der Waals surface area contributed by atoms with Gasteiger partial charge in [-0.2, -0.15) is 0 Å². The first kappa shape index (κ1) is 25.1.